The fourth-order valence-electron chi connectivity index (χ4n) is 3.77. The molecule has 0 unspecified atom stereocenters. The molecule has 1 heterocycles. The molecule has 0 aliphatic carbocycles. The van der Waals surface area contributed by atoms with Gasteiger partial charge >= 0.3 is 0 Å². The fourth-order valence-corrected chi connectivity index (χ4v) is 4.63. The molecule has 0 saturated heterocycles. The zero-order valence-electron chi connectivity index (χ0n) is 18.7. The van der Waals surface area contributed by atoms with E-state index in [1.807, 2.05) is 0 Å². The van der Waals surface area contributed by atoms with Gasteiger partial charge in [-0.15, -0.1) is 10.2 Å². The van der Waals surface area contributed by atoms with Gasteiger partial charge in [0, 0.05) is 11.1 Å². The third kappa shape index (κ3) is 7.05. The topological polar surface area (TPSA) is 25.8 Å². The van der Waals surface area contributed by atoms with Crippen LogP contribution in [0.4, 0.5) is 0 Å². The third-order valence-corrected chi connectivity index (χ3v) is 6.74. The Morgan fingerprint density at radius 3 is 1.37 bits per heavy atom. The summed E-state index contributed by atoms with van der Waals surface area (Å²) >= 11 is 1.68. The lowest BCUT2D eigenvalue weighted by molar-refractivity contribution is 0.632. The minimum atomic E-state index is 1.00. The van der Waals surface area contributed by atoms with Gasteiger partial charge < -0.3 is 0 Å². The molecule has 2 nitrogen and oxygen atoms in total. The Morgan fingerprint density at radius 2 is 0.933 bits per heavy atom. The fraction of sp³-hybridized carbons (Fsp3) is 0.481. The van der Waals surface area contributed by atoms with Crippen molar-refractivity contribution in [1.29, 1.82) is 0 Å². The lowest BCUT2D eigenvalue weighted by Gasteiger charge is -2.03. The van der Waals surface area contributed by atoms with Crippen molar-refractivity contribution in [2.75, 3.05) is 0 Å². The first-order valence-corrected chi connectivity index (χ1v) is 12.6. The van der Waals surface area contributed by atoms with Crippen LogP contribution in [0.5, 0.6) is 0 Å². The van der Waals surface area contributed by atoms with Crippen LogP contribution in [0.2, 0.25) is 0 Å². The van der Waals surface area contributed by atoms with E-state index in [4.69, 9.17) is 0 Å². The highest BCUT2D eigenvalue weighted by Crippen LogP contribution is 2.30. The molecular formula is C27H36N2S. The lowest BCUT2D eigenvalue weighted by Crippen LogP contribution is -1.86. The van der Waals surface area contributed by atoms with Crippen molar-refractivity contribution in [3.05, 3.63) is 59.7 Å². The number of unbranched alkanes of at least 4 members (excludes halogenated alkanes) is 7. The summed E-state index contributed by atoms with van der Waals surface area (Å²) < 4.78 is 0. The molecule has 0 saturated carbocycles. The number of nitrogens with zero attached hydrogens (tertiary/aromatic N) is 2. The maximum Gasteiger partial charge on any atom is 0.148 e. The first-order chi connectivity index (χ1) is 14.8. The highest BCUT2D eigenvalue weighted by atomic mass is 32.1. The highest BCUT2D eigenvalue weighted by Gasteiger charge is 2.09. The minimum Gasteiger partial charge on any atom is -0.138 e. The maximum absolute atomic E-state index is 4.45. The van der Waals surface area contributed by atoms with Crippen LogP contribution in [0, 0.1) is 0 Å². The van der Waals surface area contributed by atoms with Gasteiger partial charge in [-0.25, -0.2) is 0 Å². The second-order valence-corrected chi connectivity index (χ2v) is 9.26. The van der Waals surface area contributed by atoms with E-state index < -0.39 is 0 Å². The molecule has 160 valence electrons. The van der Waals surface area contributed by atoms with Gasteiger partial charge in [0.25, 0.3) is 0 Å². The minimum absolute atomic E-state index is 1.00. The molecule has 0 amide bonds. The van der Waals surface area contributed by atoms with Crippen molar-refractivity contribution in [2.45, 2.75) is 84.5 Å². The van der Waals surface area contributed by atoms with Crippen LogP contribution in [0.3, 0.4) is 0 Å². The normalized spacial score (nSPS) is 11.1. The van der Waals surface area contributed by atoms with Crippen molar-refractivity contribution in [2.24, 2.45) is 0 Å². The third-order valence-electron chi connectivity index (χ3n) is 5.71. The lowest BCUT2D eigenvalue weighted by atomic mass is 10.0. The molecule has 0 N–H and O–H groups in total. The van der Waals surface area contributed by atoms with Crippen molar-refractivity contribution in [3.63, 3.8) is 0 Å². The Hall–Kier alpha value is -2.00. The van der Waals surface area contributed by atoms with Crippen LogP contribution in [-0.2, 0) is 12.8 Å². The van der Waals surface area contributed by atoms with E-state index in [1.165, 1.54) is 92.9 Å². The van der Waals surface area contributed by atoms with Crippen LogP contribution in [0.25, 0.3) is 21.1 Å². The molecular weight excluding hydrogens is 384 g/mol. The molecule has 0 spiro atoms. The Morgan fingerprint density at radius 1 is 0.533 bits per heavy atom. The predicted molar refractivity (Wildman–Crippen MR) is 131 cm³/mol. The molecule has 0 radical (unpaired) electrons. The number of hydrogen-bond donors (Lipinski definition) is 0. The molecule has 0 atom stereocenters. The Labute approximate surface area is 186 Å². The van der Waals surface area contributed by atoms with E-state index in [9.17, 15) is 0 Å². The molecule has 1 aromatic heterocycles. The molecule has 3 rings (SSSR count). The van der Waals surface area contributed by atoms with E-state index in [0.717, 1.165) is 10.0 Å². The quantitative estimate of drug-likeness (QED) is 0.259. The Bertz CT molecular complexity index is 849. The second-order valence-electron chi connectivity index (χ2n) is 8.28. The number of benzene rings is 2. The molecule has 30 heavy (non-hydrogen) atoms. The molecule has 0 bridgehead atoms. The number of rotatable bonds is 13. The van der Waals surface area contributed by atoms with Gasteiger partial charge in [-0.3, -0.25) is 0 Å². The van der Waals surface area contributed by atoms with Crippen molar-refractivity contribution in [1.82, 2.24) is 10.2 Å². The number of hydrogen-bond acceptors (Lipinski definition) is 3. The van der Waals surface area contributed by atoms with Crippen molar-refractivity contribution < 1.29 is 0 Å². The van der Waals surface area contributed by atoms with Crippen LogP contribution < -0.4 is 0 Å². The molecule has 0 aliphatic heterocycles. The van der Waals surface area contributed by atoms with Gasteiger partial charge in [-0.1, -0.05) is 119 Å². The number of aromatic nitrogens is 2. The molecule has 3 heteroatoms. The van der Waals surface area contributed by atoms with Crippen LogP contribution >= 0.6 is 11.3 Å². The van der Waals surface area contributed by atoms with Crippen LogP contribution in [-0.4, -0.2) is 10.2 Å². The smallest absolute Gasteiger partial charge is 0.138 e. The van der Waals surface area contributed by atoms with E-state index in [0.29, 0.717) is 0 Å². The van der Waals surface area contributed by atoms with Crippen LogP contribution in [0.15, 0.2) is 48.5 Å². The van der Waals surface area contributed by atoms with Gasteiger partial charge in [0.2, 0.25) is 0 Å². The zero-order chi connectivity index (χ0) is 21.0. The average molecular weight is 421 g/mol. The summed E-state index contributed by atoms with van der Waals surface area (Å²) in [5.41, 5.74) is 5.18. The summed E-state index contributed by atoms with van der Waals surface area (Å²) in [4.78, 5) is 0. The zero-order valence-corrected chi connectivity index (χ0v) is 19.5. The molecule has 2 aromatic carbocycles. The van der Waals surface area contributed by atoms with Gasteiger partial charge in [-0.05, 0) is 36.8 Å². The highest BCUT2D eigenvalue weighted by molar-refractivity contribution is 7.17. The predicted octanol–water partition coefficient (Wildman–Crippen LogP) is 8.51. The second kappa shape index (κ2) is 12.6. The first kappa shape index (κ1) is 22.7. The summed E-state index contributed by atoms with van der Waals surface area (Å²) in [6, 6.07) is 17.8. The van der Waals surface area contributed by atoms with Crippen molar-refractivity contribution >= 4 is 11.3 Å². The van der Waals surface area contributed by atoms with Crippen LogP contribution in [0.1, 0.15) is 82.8 Å². The molecule has 0 aliphatic rings. The van der Waals surface area contributed by atoms with Gasteiger partial charge in [0.15, 0.2) is 0 Å². The number of aryl methyl sites for hydroxylation is 2. The summed E-state index contributed by atoms with van der Waals surface area (Å²) in [6.45, 7) is 4.53. The van der Waals surface area contributed by atoms with Gasteiger partial charge in [0.1, 0.15) is 10.0 Å². The summed E-state index contributed by atoms with van der Waals surface area (Å²) in [5, 5.41) is 10.9. The SMILES string of the molecule is CCCCCCCc1ccc(-c2nnc(-c3ccc(CCCCCC)cc3)s2)cc1. The van der Waals surface area contributed by atoms with E-state index >= 15 is 0 Å². The summed E-state index contributed by atoms with van der Waals surface area (Å²) in [5.74, 6) is 0. The Kier molecular flexibility index (Phi) is 9.56. The monoisotopic (exact) mass is 420 g/mol. The average Bonchev–Trinajstić information content (AvgIpc) is 3.28. The van der Waals surface area contributed by atoms with E-state index in [2.05, 4.69) is 72.6 Å². The maximum atomic E-state index is 4.45. The largest absolute Gasteiger partial charge is 0.148 e. The summed E-state index contributed by atoms with van der Waals surface area (Å²) in [6.07, 6.45) is 14.3. The summed E-state index contributed by atoms with van der Waals surface area (Å²) in [7, 11) is 0. The molecule has 0 fully saturated rings. The standard InChI is InChI=1S/C27H36N2S/c1-3-5-7-9-11-13-23-16-20-25(21-17-23)27-29-28-26(30-27)24-18-14-22(15-19-24)12-10-8-6-4-2/h14-21H,3-13H2,1-2H3. The Balaban J connectivity index is 1.54. The molecule has 3 aromatic rings. The van der Waals surface area contributed by atoms with E-state index in [-0.39, 0.29) is 0 Å². The van der Waals surface area contributed by atoms with E-state index in [1.54, 1.807) is 11.3 Å². The van der Waals surface area contributed by atoms with Gasteiger partial charge in [-0.2, -0.15) is 0 Å². The van der Waals surface area contributed by atoms with Gasteiger partial charge in [0.05, 0.1) is 0 Å². The first-order valence-electron chi connectivity index (χ1n) is 11.8. The van der Waals surface area contributed by atoms with Crippen molar-refractivity contribution in [3.8, 4) is 21.1 Å².